The van der Waals surface area contributed by atoms with E-state index in [0.717, 1.165) is 13.0 Å². The minimum Gasteiger partial charge on any atom is -0.504 e. The van der Waals surface area contributed by atoms with Gasteiger partial charge in [0, 0.05) is 19.6 Å². The van der Waals surface area contributed by atoms with Gasteiger partial charge in [-0.05, 0) is 36.6 Å². The molecule has 1 aromatic rings. The Labute approximate surface area is 140 Å². The molecular weight excluding hydrogens is 322 g/mol. The molecule has 4 N–H and O–H groups in total. The first-order chi connectivity index (χ1) is 10.5. The number of amides is 3. The number of phenolic OH excluding ortho intramolecular Hbond substituents is 2. The number of likely N-dealkylation sites (tertiary alicyclic amines) is 1. The fourth-order valence-corrected chi connectivity index (χ4v) is 3.06. The molecule has 0 saturated carbocycles. The Kier molecular flexibility index (Phi) is 5.33. The minimum absolute atomic E-state index is 0. The van der Waals surface area contributed by atoms with Gasteiger partial charge in [0.1, 0.15) is 0 Å². The molecule has 3 amide bonds. The number of benzene rings is 1. The summed E-state index contributed by atoms with van der Waals surface area (Å²) >= 11 is 0. The highest BCUT2D eigenvalue weighted by atomic mass is 35.5. The summed E-state index contributed by atoms with van der Waals surface area (Å²) in [6.07, 6.45) is 0.849. The molecule has 2 saturated heterocycles. The molecule has 2 atom stereocenters. The smallest absolute Gasteiger partial charge is 0.324 e. The number of aromatic hydroxyl groups is 2. The molecule has 8 heteroatoms. The average molecular weight is 342 g/mol. The predicted octanol–water partition coefficient (Wildman–Crippen LogP) is 0.797. The highest BCUT2D eigenvalue weighted by Crippen LogP contribution is 2.26. The van der Waals surface area contributed by atoms with E-state index in [4.69, 9.17) is 0 Å². The zero-order chi connectivity index (χ0) is 15.7. The summed E-state index contributed by atoms with van der Waals surface area (Å²) in [5.41, 5.74) is 0.648. The maximum absolute atomic E-state index is 12.2. The molecule has 0 radical (unpaired) electrons. The van der Waals surface area contributed by atoms with Crippen LogP contribution < -0.4 is 10.6 Å². The number of phenols is 2. The third-order valence-electron chi connectivity index (χ3n) is 4.23. The molecule has 0 spiro atoms. The predicted molar refractivity (Wildman–Crippen MR) is 85.4 cm³/mol. The number of nitrogens with zero attached hydrogens (tertiary/aromatic N) is 1. The van der Waals surface area contributed by atoms with Crippen molar-refractivity contribution in [3.05, 3.63) is 23.8 Å². The lowest BCUT2D eigenvalue weighted by Gasteiger charge is -2.39. The highest BCUT2D eigenvalue weighted by Gasteiger charge is 2.39. The van der Waals surface area contributed by atoms with Gasteiger partial charge in [-0.3, -0.25) is 9.69 Å². The lowest BCUT2D eigenvalue weighted by atomic mass is 9.85. The lowest BCUT2D eigenvalue weighted by Crippen LogP contribution is -2.58. The summed E-state index contributed by atoms with van der Waals surface area (Å²) in [6.45, 7) is 2.09. The maximum Gasteiger partial charge on any atom is 0.324 e. The molecule has 126 valence electrons. The van der Waals surface area contributed by atoms with Gasteiger partial charge in [0.2, 0.25) is 5.91 Å². The number of urea groups is 1. The van der Waals surface area contributed by atoms with Crippen LogP contribution in [0.3, 0.4) is 0 Å². The molecule has 2 aliphatic rings. The number of piperidine rings is 2. The Bertz CT molecular complexity index is 610. The molecule has 7 nitrogen and oxygen atoms in total. The van der Waals surface area contributed by atoms with Gasteiger partial charge in [-0.25, -0.2) is 4.79 Å². The van der Waals surface area contributed by atoms with Crippen LogP contribution in [0.2, 0.25) is 0 Å². The van der Waals surface area contributed by atoms with Crippen molar-refractivity contribution in [1.82, 2.24) is 15.5 Å². The van der Waals surface area contributed by atoms with Gasteiger partial charge in [0.05, 0.1) is 5.92 Å². The van der Waals surface area contributed by atoms with Gasteiger partial charge in [-0.2, -0.15) is 0 Å². The lowest BCUT2D eigenvalue weighted by molar-refractivity contribution is -0.137. The SMILES string of the molecule is Cl.O=C(NCc1ccc(O)c(O)c1)N1CC2CNCC(C2)C1=O. The standard InChI is InChI=1S/C15H19N3O4.ClH/c19-12-2-1-9(4-13(12)20)6-17-15(22)18-8-10-3-11(14(18)21)7-16-5-10;/h1-2,4,10-11,16,19-20H,3,5-8H2,(H,17,22);1H. The van der Waals surface area contributed by atoms with Gasteiger partial charge in [-0.1, -0.05) is 6.07 Å². The van der Waals surface area contributed by atoms with Gasteiger partial charge in [0.25, 0.3) is 0 Å². The number of fused-ring (bicyclic) bond motifs is 2. The van der Waals surface area contributed by atoms with E-state index in [0.29, 0.717) is 24.6 Å². The Morgan fingerprint density at radius 1 is 1.30 bits per heavy atom. The molecule has 0 aliphatic carbocycles. The Morgan fingerprint density at radius 3 is 2.83 bits per heavy atom. The first kappa shape index (κ1) is 17.4. The fourth-order valence-electron chi connectivity index (χ4n) is 3.06. The van der Waals surface area contributed by atoms with Crippen LogP contribution in [-0.4, -0.2) is 46.7 Å². The van der Waals surface area contributed by atoms with Crippen LogP contribution in [0.25, 0.3) is 0 Å². The normalized spacial score (nSPS) is 23.1. The third kappa shape index (κ3) is 3.68. The molecule has 2 aliphatic heterocycles. The van der Waals surface area contributed by atoms with Crippen LogP contribution in [-0.2, 0) is 11.3 Å². The van der Waals surface area contributed by atoms with Crippen molar-refractivity contribution in [2.24, 2.45) is 11.8 Å². The fraction of sp³-hybridized carbons (Fsp3) is 0.467. The van der Waals surface area contributed by atoms with Crippen LogP contribution in [0.15, 0.2) is 18.2 Å². The van der Waals surface area contributed by atoms with Crippen LogP contribution in [0, 0.1) is 11.8 Å². The van der Waals surface area contributed by atoms with Crippen molar-refractivity contribution >= 4 is 24.3 Å². The minimum atomic E-state index is -0.408. The molecule has 2 heterocycles. The van der Waals surface area contributed by atoms with Gasteiger partial charge in [0.15, 0.2) is 11.5 Å². The summed E-state index contributed by atoms with van der Waals surface area (Å²) < 4.78 is 0. The van der Waals surface area contributed by atoms with Crippen LogP contribution in [0.5, 0.6) is 11.5 Å². The van der Waals surface area contributed by atoms with Crippen molar-refractivity contribution in [3.8, 4) is 11.5 Å². The number of halogens is 1. The average Bonchev–Trinajstić information content (AvgIpc) is 2.52. The van der Waals surface area contributed by atoms with E-state index in [1.165, 1.54) is 17.0 Å². The van der Waals surface area contributed by atoms with E-state index in [2.05, 4.69) is 10.6 Å². The summed E-state index contributed by atoms with van der Waals surface area (Å²) in [4.78, 5) is 25.8. The zero-order valence-corrected chi connectivity index (χ0v) is 13.3. The number of nitrogens with one attached hydrogen (secondary N) is 2. The van der Waals surface area contributed by atoms with Gasteiger partial charge < -0.3 is 20.8 Å². The van der Waals surface area contributed by atoms with E-state index in [1.807, 2.05) is 0 Å². The Balaban J connectivity index is 0.00000192. The maximum atomic E-state index is 12.2. The zero-order valence-electron chi connectivity index (χ0n) is 12.5. The number of carbonyl (C=O) groups excluding carboxylic acids is 2. The molecule has 2 unspecified atom stereocenters. The molecule has 23 heavy (non-hydrogen) atoms. The monoisotopic (exact) mass is 341 g/mol. The molecular formula is C15H20ClN3O4. The van der Waals surface area contributed by atoms with Gasteiger partial charge in [-0.15, -0.1) is 12.4 Å². The summed E-state index contributed by atoms with van der Waals surface area (Å²) in [7, 11) is 0. The molecule has 0 aromatic heterocycles. The van der Waals surface area contributed by atoms with Crippen molar-refractivity contribution in [2.75, 3.05) is 19.6 Å². The molecule has 3 rings (SSSR count). The Morgan fingerprint density at radius 2 is 2.09 bits per heavy atom. The second-order valence-corrected chi connectivity index (χ2v) is 5.89. The highest BCUT2D eigenvalue weighted by molar-refractivity contribution is 5.96. The molecule has 2 fully saturated rings. The second kappa shape index (κ2) is 7.06. The van der Waals surface area contributed by atoms with Crippen LogP contribution in [0.1, 0.15) is 12.0 Å². The topological polar surface area (TPSA) is 102 Å². The Hall–Kier alpha value is -1.99. The third-order valence-corrected chi connectivity index (χ3v) is 4.23. The van der Waals surface area contributed by atoms with E-state index < -0.39 is 6.03 Å². The van der Waals surface area contributed by atoms with Crippen LogP contribution >= 0.6 is 12.4 Å². The number of imide groups is 1. The number of rotatable bonds is 2. The molecule has 2 bridgehead atoms. The largest absolute Gasteiger partial charge is 0.504 e. The van der Waals surface area contributed by atoms with E-state index in [-0.39, 0.29) is 42.3 Å². The number of hydrogen-bond acceptors (Lipinski definition) is 5. The quantitative estimate of drug-likeness (QED) is 0.596. The number of hydrogen-bond donors (Lipinski definition) is 4. The molecule has 1 aromatic carbocycles. The van der Waals surface area contributed by atoms with Crippen molar-refractivity contribution < 1.29 is 19.8 Å². The van der Waals surface area contributed by atoms with E-state index >= 15 is 0 Å². The van der Waals surface area contributed by atoms with E-state index in [9.17, 15) is 19.8 Å². The second-order valence-electron chi connectivity index (χ2n) is 5.89. The summed E-state index contributed by atoms with van der Waals surface area (Å²) in [5.74, 6) is -0.367. The van der Waals surface area contributed by atoms with E-state index in [1.54, 1.807) is 6.07 Å². The number of carbonyl (C=O) groups is 2. The van der Waals surface area contributed by atoms with Crippen molar-refractivity contribution in [1.29, 1.82) is 0 Å². The summed E-state index contributed by atoms with van der Waals surface area (Å²) in [5, 5.41) is 24.6. The van der Waals surface area contributed by atoms with Crippen molar-refractivity contribution in [2.45, 2.75) is 13.0 Å². The first-order valence-electron chi connectivity index (χ1n) is 7.35. The van der Waals surface area contributed by atoms with Gasteiger partial charge >= 0.3 is 6.03 Å². The van der Waals surface area contributed by atoms with Crippen molar-refractivity contribution in [3.63, 3.8) is 0 Å². The summed E-state index contributed by atoms with van der Waals surface area (Å²) in [6, 6.07) is 3.94. The van der Waals surface area contributed by atoms with Crippen LogP contribution in [0.4, 0.5) is 4.79 Å². The first-order valence-corrected chi connectivity index (χ1v) is 7.35.